The van der Waals surface area contributed by atoms with E-state index in [2.05, 4.69) is 27.3 Å². The number of nitrogens with zero attached hydrogens (tertiary/aromatic N) is 2. The fraction of sp³-hybridized carbons (Fsp3) is 0.179. The summed E-state index contributed by atoms with van der Waals surface area (Å²) in [5.74, 6) is -0.635. The molecule has 1 N–H and O–H groups in total. The van der Waals surface area contributed by atoms with Crippen molar-refractivity contribution < 1.29 is 9.59 Å². The third-order valence-corrected chi connectivity index (χ3v) is 7.68. The minimum atomic E-state index is -0.496. The third kappa shape index (κ3) is 5.67. The SMILES string of the molecule is Cc1ccc(N2C(=O)C(Cc3ccc(Br)cc3)S/C2=C(/C#N)C(=O)NCc2ccccc2)cc1C. The van der Waals surface area contributed by atoms with Crippen molar-refractivity contribution in [2.75, 3.05) is 4.90 Å². The van der Waals surface area contributed by atoms with Crippen molar-refractivity contribution in [3.8, 4) is 6.07 Å². The van der Waals surface area contributed by atoms with Gasteiger partial charge >= 0.3 is 0 Å². The van der Waals surface area contributed by atoms with E-state index in [1.165, 1.54) is 16.7 Å². The Morgan fingerprint density at radius 3 is 2.40 bits per heavy atom. The third-order valence-electron chi connectivity index (χ3n) is 5.88. The highest BCUT2D eigenvalue weighted by molar-refractivity contribution is 9.10. The van der Waals surface area contributed by atoms with Crippen LogP contribution in [-0.2, 0) is 22.6 Å². The second kappa shape index (κ2) is 10.9. The number of hydrogen-bond donors (Lipinski definition) is 1. The Morgan fingerprint density at radius 2 is 1.74 bits per heavy atom. The predicted molar refractivity (Wildman–Crippen MR) is 144 cm³/mol. The fourth-order valence-electron chi connectivity index (χ4n) is 3.79. The number of halogens is 1. The highest BCUT2D eigenvalue weighted by Crippen LogP contribution is 2.42. The van der Waals surface area contributed by atoms with Crippen molar-refractivity contribution >= 4 is 45.2 Å². The molecule has 35 heavy (non-hydrogen) atoms. The Kier molecular flexibility index (Phi) is 7.74. The van der Waals surface area contributed by atoms with E-state index in [9.17, 15) is 14.9 Å². The van der Waals surface area contributed by atoms with Gasteiger partial charge in [-0.25, -0.2) is 0 Å². The number of rotatable bonds is 6. The molecule has 1 aliphatic heterocycles. The number of carbonyl (C=O) groups is 2. The van der Waals surface area contributed by atoms with E-state index in [4.69, 9.17) is 0 Å². The van der Waals surface area contributed by atoms with Crippen LogP contribution in [0.3, 0.4) is 0 Å². The molecule has 1 heterocycles. The van der Waals surface area contributed by atoms with Crippen LogP contribution in [0.4, 0.5) is 5.69 Å². The van der Waals surface area contributed by atoms with Crippen molar-refractivity contribution in [2.45, 2.75) is 32.1 Å². The summed E-state index contributed by atoms with van der Waals surface area (Å²) in [6.45, 7) is 4.28. The van der Waals surface area contributed by atoms with E-state index in [0.29, 0.717) is 23.7 Å². The van der Waals surface area contributed by atoms with Crippen LogP contribution in [0.5, 0.6) is 0 Å². The van der Waals surface area contributed by atoms with Crippen LogP contribution < -0.4 is 10.2 Å². The van der Waals surface area contributed by atoms with Gasteiger partial charge in [-0.2, -0.15) is 5.26 Å². The van der Waals surface area contributed by atoms with Crippen LogP contribution in [0.1, 0.15) is 22.3 Å². The van der Waals surface area contributed by atoms with Gasteiger partial charge in [-0.3, -0.25) is 14.5 Å². The van der Waals surface area contributed by atoms with Gasteiger partial charge in [0, 0.05) is 16.7 Å². The second-order valence-electron chi connectivity index (χ2n) is 8.34. The first-order valence-corrected chi connectivity index (χ1v) is 12.8. The normalized spacial score (nSPS) is 16.7. The molecule has 3 aromatic rings. The average Bonchev–Trinajstić information content (AvgIpc) is 3.17. The van der Waals surface area contributed by atoms with Crippen molar-refractivity contribution in [3.63, 3.8) is 0 Å². The van der Waals surface area contributed by atoms with Gasteiger partial charge in [-0.05, 0) is 66.8 Å². The van der Waals surface area contributed by atoms with E-state index in [0.717, 1.165) is 26.7 Å². The average molecular weight is 546 g/mol. The molecule has 0 radical (unpaired) electrons. The van der Waals surface area contributed by atoms with Gasteiger partial charge in [0.25, 0.3) is 5.91 Å². The van der Waals surface area contributed by atoms with Gasteiger partial charge in [0.15, 0.2) is 0 Å². The van der Waals surface area contributed by atoms with E-state index >= 15 is 0 Å². The Hall–Kier alpha value is -3.34. The first kappa shape index (κ1) is 24.8. The Bertz CT molecular complexity index is 1330. The molecular formula is C28H24BrN3O2S. The quantitative estimate of drug-likeness (QED) is 0.313. The molecule has 0 aliphatic carbocycles. The van der Waals surface area contributed by atoms with Gasteiger partial charge in [0.1, 0.15) is 16.7 Å². The predicted octanol–water partition coefficient (Wildman–Crippen LogP) is 5.81. The summed E-state index contributed by atoms with van der Waals surface area (Å²) in [4.78, 5) is 28.2. The van der Waals surface area contributed by atoms with Crippen LogP contribution >= 0.6 is 27.7 Å². The molecule has 2 amide bonds. The minimum Gasteiger partial charge on any atom is -0.347 e. The van der Waals surface area contributed by atoms with Gasteiger partial charge in [0.2, 0.25) is 5.91 Å². The van der Waals surface area contributed by atoms with E-state index < -0.39 is 11.2 Å². The number of thioether (sulfide) groups is 1. The molecule has 3 aromatic carbocycles. The summed E-state index contributed by atoms with van der Waals surface area (Å²) in [6.07, 6.45) is 0.492. The maximum atomic E-state index is 13.6. The fourth-order valence-corrected chi connectivity index (χ4v) is 5.36. The number of benzene rings is 3. The molecule has 1 saturated heterocycles. The summed E-state index contributed by atoms with van der Waals surface area (Å²) >= 11 is 4.71. The molecule has 5 nitrogen and oxygen atoms in total. The smallest absolute Gasteiger partial charge is 0.264 e. The second-order valence-corrected chi connectivity index (χ2v) is 10.4. The van der Waals surface area contributed by atoms with Crippen molar-refractivity contribution in [2.24, 2.45) is 0 Å². The van der Waals surface area contributed by atoms with Gasteiger partial charge in [-0.1, -0.05) is 76.2 Å². The molecule has 1 fully saturated rings. The number of hydrogen-bond acceptors (Lipinski definition) is 4. The first-order chi connectivity index (χ1) is 16.9. The molecule has 176 valence electrons. The minimum absolute atomic E-state index is 0.0594. The summed E-state index contributed by atoms with van der Waals surface area (Å²) in [5.41, 5.74) is 4.66. The molecule has 1 atom stereocenters. The summed E-state index contributed by atoms with van der Waals surface area (Å²) < 4.78 is 0.964. The van der Waals surface area contributed by atoms with Crippen molar-refractivity contribution in [3.05, 3.63) is 110 Å². The first-order valence-electron chi connectivity index (χ1n) is 11.2. The highest BCUT2D eigenvalue weighted by Gasteiger charge is 2.40. The highest BCUT2D eigenvalue weighted by atomic mass is 79.9. The number of anilines is 1. The maximum absolute atomic E-state index is 13.6. The van der Waals surface area contributed by atoms with E-state index in [1.54, 1.807) is 0 Å². The lowest BCUT2D eigenvalue weighted by Gasteiger charge is -2.20. The molecule has 0 bridgehead atoms. The lowest BCUT2D eigenvalue weighted by atomic mass is 10.1. The van der Waals surface area contributed by atoms with Crippen molar-refractivity contribution in [1.82, 2.24) is 5.32 Å². The molecule has 1 aliphatic rings. The zero-order chi connectivity index (χ0) is 24.9. The van der Waals surface area contributed by atoms with Crippen LogP contribution in [0.15, 0.2) is 87.9 Å². The number of nitriles is 1. The monoisotopic (exact) mass is 545 g/mol. The number of amides is 2. The number of aryl methyl sites for hydroxylation is 2. The lowest BCUT2D eigenvalue weighted by molar-refractivity contribution is -0.117. The standard InChI is InChI=1S/C28H24BrN3O2S/c1-18-8-13-23(14-19(18)2)32-27(34)25(15-20-9-11-22(29)12-10-20)35-28(32)24(16-30)26(33)31-17-21-6-4-3-5-7-21/h3-14,25H,15,17H2,1-2H3,(H,31,33)/b28-24-. The molecule has 7 heteroatoms. The zero-order valence-corrected chi connectivity index (χ0v) is 21.8. The molecule has 0 spiro atoms. The molecule has 4 rings (SSSR count). The lowest BCUT2D eigenvalue weighted by Crippen LogP contribution is -2.32. The van der Waals surface area contributed by atoms with Crippen LogP contribution in [0.25, 0.3) is 0 Å². The van der Waals surface area contributed by atoms with Gasteiger partial charge in [0.05, 0.1) is 5.25 Å². The number of carbonyl (C=O) groups excluding carboxylic acids is 2. The van der Waals surface area contributed by atoms with Gasteiger partial charge in [-0.15, -0.1) is 0 Å². The van der Waals surface area contributed by atoms with Crippen LogP contribution in [0, 0.1) is 25.2 Å². The van der Waals surface area contributed by atoms with Crippen molar-refractivity contribution in [1.29, 1.82) is 5.26 Å². The molecule has 1 unspecified atom stereocenters. The maximum Gasteiger partial charge on any atom is 0.264 e. The van der Waals surface area contributed by atoms with Gasteiger partial charge < -0.3 is 5.32 Å². The largest absolute Gasteiger partial charge is 0.347 e. The zero-order valence-electron chi connectivity index (χ0n) is 19.4. The number of nitrogens with one attached hydrogen (secondary N) is 1. The Labute approximate surface area is 218 Å². The molecule has 0 saturated carbocycles. The van der Waals surface area contributed by atoms with Crippen LogP contribution in [-0.4, -0.2) is 17.1 Å². The Balaban J connectivity index is 1.69. The topological polar surface area (TPSA) is 73.2 Å². The molecule has 0 aromatic heterocycles. The summed E-state index contributed by atoms with van der Waals surface area (Å²) in [6, 6.07) is 25.1. The summed E-state index contributed by atoms with van der Waals surface area (Å²) in [7, 11) is 0. The van der Waals surface area contributed by atoms with Crippen LogP contribution in [0.2, 0.25) is 0 Å². The summed E-state index contributed by atoms with van der Waals surface area (Å²) in [5, 5.41) is 12.7. The van der Waals surface area contributed by atoms with E-state index in [-0.39, 0.29) is 11.5 Å². The molecular weight excluding hydrogens is 522 g/mol. The van der Waals surface area contributed by atoms with E-state index in [1.807, 2.05) is 86.6 Å². The Morgan fingerprint density at radius 1 is 1.03 bits per heavy atom.